The molecule has 6 nitrogen and oxygen atoms in total. The van der Waals surface area contributed by atoms with Gasteiger partial charge in [0, 0.05) is 23.0 Å². The van der Waals surface area contributed by atoms with Crippen molar-refractivity contribution in [2.45, 2.75) is 59.3 Å². The number of hydrogen-bond acceptors (Lipinski definition) is 4. The van der Waals surface area contributed by atoms with Crippen LogP contribution in [0.3, 0.4) is 0 Å². The van der Waals surface area contributed by atoms with Crippen molar-refractivity contribution in [3.63, 3.8) is 0 Å². The Balaban J connectivity index is 1.46. The van der Waals surface area contributed by atoms with Crippen molar-refractivity contribution in [3.8, 4) is 5.69 Å². The molecule has 0 spiro atoms. The molecule has 1 fully saturated rings. The largest absolute Gasteiger partial charge is 0.318 e. The summed E-state index contributed by atoms with van der Waals surface area (Å²) in [6, 6.07) is 10.6. The molecule has 170 valence electrons. The minimum absolute atomic E-state index is 0.111. The van der Waals surface area contributed by atoms with Crippen molar-refractivity contribution in [1.29, 1.82) is 5.41 Å². The molecule has 0 radical (unpaired) electrons. The summed E-state index contributed by atoms with van der Waals surface area (Å²) >= 11 is 1.46. The first-order chi connectivity index (χ1) is 16.0. The van der Waals surface area contributed by atoms with Gasteiger partial charge in [-0.15, -0.1) is 0 Å². The molecule has 3 heterocycles. The van der Waals surface area contributed by atoms with Crippen LogP contribution in [0.25, 0.3) is 11.8 Å². The number of nitrogens with zero attached hydrogens (tertiary/aromatic N) is 4. The summed E-state index contributed by atoms with van der Waals surface area (Å²) in [5.41, 5.74) is 5.71. The highest BCUT2D eigenvalue weighted by molar-refractivity contribution is 8.27. The molecule has 1 N–H and O–H groups in total. The van der Waals surface area contributed by atoms with Gasteiger partial charge in [0.25, 0.3) is 5.91 Å². The van der Waals surface area contributed by atoms with Gasteiger partial charge < -0.3 is 4.57 Å². The molecule has 1 aromatic heterocycles. The van der Waals surface area contributed by atoms with Crippen LogP contribution in [-0.4, -0.2) is 31.5 Å². The summed E-state index contributed by atoms with van der Waals surface area (Å²) in [5.74, 6) is 0.168. The van der Waals surface area contributed by atoms with E-state index in [-0.39, 0.29) is 17.3 Å². The molecular weight excluding hydrogens is 430 g/mol. The fourth-order valence-electron chi connectivity index (χ4n) is 4.89. The molecule has 1 amide bonds. The van der Waals surface area contributed by atoms with E-state index < -0.39 is 0 Å². The Morgan fingerprint density at radius 3 is 2.58 bits per heavy atom. The van der Waals surface area contributed by atoms with E-state index in [2.05, 4.69) is 53.7 Å². The number of thioether (sulfide) groups is 1. The van der Waals surface area contributed by atoms with Gasteiger partial charge in [-0.1, -0.05) is 38.3 Å². The van der Waals surface area contributed by atoms with Crippen molar-refractivity contribution in [3.05, 3.63) is 58.4 Å². The molecule has 33 heavy (non-hydrogen) atoms. The lowest BCUT2D eigenvalue weighted by molar-refractivity contribution is -0.114. The van der Waals surface area contributed by atoms with Crippen LogP contribution in [-0.2, 0) is 11.2 Å². The Morgan fingerprint density at radius 2 is 1.88 bits per heavy atom. The third kappa shape index (κ3) is 3.99. The average Bonchev–Trinajstić information content (AvgIpc) is 3.38. The van der Waals surface area contributed by atoms with E-state index in [1.807, 2.05) is 6.92 Å². The number of carbonyl (C=O) groups is 1. The second-order valence-corrected chi connectivity index (χ2v) is 9.96. The second kappa shape index (κ2) is 8.78. The monoisotopic (exact) mass is 459 g/mol. The minimum atomic E-state index is -0.365. The van der Waals surface area contributed by atoms with Crippen molar-refractivity contribution in [1.82, 2.24) is 9.58 Å². The number of amides is 1. The zero-order valence-electron chi connectivity index (χ0n) is 19.4. The van der Waals surface area contributed by atoms with Gasteiger partial charge in [-0.25, -0.2) is 0 Å². The third-order valence-electron chi connectivity index (χ3n) is 6.80. The van der Waals surface area contributed by atoms with Crippen LogP contribution in [0.2, 0.25) is 0 Å². The van der Waals surface area contributed by atoms with Crippen molar-refractivity contribution >= 4 is 39.8 Å². The number of aryl methyl sites for hydroxylation is 2. The van der Waals surface area contributed by atoms with Crippen molar-refractivity contribution < 1.29 is 4.79 Å². The van der Waals surface area contributed by atoms with Crippen LogP contribution in [0.1, 0.15) is 61.5 Å². The fourth-order valence-corrected chi connectivity index (χ4v) is 5.95. The highest BCUT2D eigenvalue weighted by Gasteiger charge is 2.38. The Labute approximate surface area is 199 Å². The number of rotatable bonds is 4. The first-order valence-electron chi connectivity index (χ1n) is 11.7. The maximum absolute atomic E-state index is 12.9. The Hall–Kier alpha value is -2.93. The zero-order valence-corrected chi connectivity index (χ0v) is 20.2. The van der Waals surface area contributed by atoms with Crippen molar-refractivity contribution in [2.24, 2.45) is 16.0 Å². The van der Waals surface area contributed by atoms with Crippen molar-refractivity contribution in [2.75, 3.05) is 0 Å². The van der Waals surface area contributed by atoms with Crippen LogP contribution in [0.5, 0.6) is 0 Å². The topological polar surface area (TPSA) is 73.8 Å². The molecular formula is C26H29N5OS. The molecule has 2 aromatic rings. The van der Waals surface area contributed by atoms with Gasteiger partial charge in [0.15, 0.2) is 5.84 Å². The van der Waals surface area contributed by atoms with Crippen LogP contribution < -0.4 is 0 Å². The molecule has 0 unspecified atom stereocenters. The number of fused-ring (bicyclic) bond motifs is 1. The summed E-state index contributed by atoms with van der Waals surface area (Å²) in [5, 5.41) is 16.5. The quantitative estimate of drug-likeness (QED) is 0.582. The molecule has 5 rings (SSSR count). The van der Waals surface area contributed by atoms with Crippen LogP contribution >= 0.6 is 11.8 Å². The molecule has 7 heteroatoms. The minimum Gasteiger partial charge on any atom is -0.318 e. The fraction of sp³-hybridized carbons (Fsp3) is 0.385. The number of nitrogens with one attached hydrogen (secondary N) is 1. The molecule has 1 aliphatic carbocycles. The summed E-state index contributed by atoms with van der Waals surface area (Å²) in [6.07, 6.45) is 8.77. The molecule has 2 aliphatic heterocycles. The standard InChI is InChI=1S/C26H29N5OS/c1-4-18-10-12-21(13-11-18)30-16(2)14-20(17(30)3)15-22-23(27)31-26(28-24(22)32)33-25(29-31)19-8-6-5-7-9-19/h10-15,19,27H,4-9H2,1-3H3/b22-15+,27-23?. The number of hydrogen-bond donors (Lipinski definition) is 1. The number of amidine groups is 2. The highest BCUT2D eigenvalue weighted by Crippen LogP contribution is 2.36. The van der Waals surface area contributed by atoms with Gasteiger partial charge in [0.05, 0.1) is 5.57 Å². The van der Waals surface area contributed by atoms with Gasteiger partial charge in [0.1, 0.15) is 5.04 Å². The van der Waals surface area contributed by atoms with Crippen LogP contribution in [0.15, 0.2) is 46.0 Å². The Kier molecular flexibility index (Phi) is 5.83. The highest BCUT2D eigenvalue weighted by atomic mass is 32.2. The lowest BCUT2D eigenvalue weighted by Crippen LogP contribution is -2.35. The van der Waals surface area contributed by atoms with Gasteiger partial charge in [0.2, 0.25) is 5.17 Å². The van der Waals surface area contributed by atoms with Crippen LogP contribution in [0, 0.1) is 25.2 Å². The summed E-state index contributed by atoms with van der Waals surface area (Å²) in [4.78, 5) is 17.2. The van der Waals surface area contributed by atoms with Gasteiger partial charge >= 0.3 is 0 Å². The first-order valence-corrected chi connectivity index (χ1v) is 12.6. The average molecular weight is 460 g/mol. The SMILES string of the molecule is CCc1ccc(-n2c(C)cc(/C=C3\C(=N)N4N=C(C5CCCCC5)SC4=NC3=O)c2C)cc1. The smallest absolute Gasteiger partial charge is 0.283 e. The third-order valence-corrected chi connectivity index (χ3v) is 7.87. The summed E-state index contributed by atoms with van der Waals surface area (Å²) in [7, 11) is 0. The zero-order chi connectivity index (χ0) is 23.1. The molecule has 1 aromatic carbocycles. The number of carbonyl (C=O) groups excluding carboxylic acids is 1. The molecule has 0 atom stereocenters. The van der Waals surface area contributed by atoms with Gasteiger partial charge in [-0.2, -0.15) is 15.1 Å². The van der Waals surface area contributed by atoms with E-state index in [1.54, 1.807) is 11.1 Å². The van der Waals surface area contributed by atoms with E-state index in [4.69, 9.17) is 10.5 Å². The second-order valence-electron chi connectivity index (χ2n) is 8.98. The molecule has 1 saturated carbocycles. The predicted octanol–water partition coefficient (Wildman–Crippen LogP) is 5.86. The van der Waals surface area contributed by atoms with E-state index in [0.29, 0.717) is 11.1 Å². The number of hydrazone groups is 1. The predicted molar refractivity (Wildman–Crippen MR) is 136 cm³/mol. The van der Waals surface area contributed by atoms with E-state index in [1.165, 1.54) is 36.6 Å². The molecule has 3 aliphatic rings. The maximum atomic E-state index is 12.9. The Bertz CT molecular complexity index is 1210. The number of benzene rings is 1. The van der Waals surface area contributed by atoms with E-state index in [0.717, 1.165) is 46.9 Å². The van der Waals surface area contributed by atoms with Gasteiger partial charge in [-0.3, -0.25) is 10.2 Å². The number of aliphatic imine (C=N–C) groups is 1. The Morgan fingerprint density at radius 1 is 1.15 bits per heavy atom. The van der Waals surface area contributed by atoms with Crippen LogP contribution in [0.4, 0.5) is 0 Å². The number of aromatic nitrogens is 1. The molecule has 0 saturated heterocycles. The normalized spacial score (nSPS) is 20.3. The molecule has 0 bridgehead atoms. The lowest BCUT2D eigenvalue weighted by atomic mass is 9.90. The summed E-state index contributed by atoms with van der Waals surface area (Å²) < 4.78 is 2.18. The first kappa shape index (κ1) is 21.9. The maximum Gasteiger partial charge on any atom is 0.283 e. The van der Waals surface area contributed by atoms with Gasteiger partial charge in [-0.05, 0) is 80.3 Å². The van der Waals surface area contributed by atoms with E-state index in [9.17, 15) is 4.79 Å². The van der Waals surface area contributed by atoms with E-state index >= 15 is 0 Å². The lowest BCUT2D eigenvalue weighted by Gasteiger charge is -2.20. The summed E-state index contributed by atoms with van der Waals surface area (Å²) in [6.45, 7) is 6.26.